The number of carbonyl (C=O) groups excluding carboxylic acids is 1. The van der Waals surface area contributed by atoms with Crippen molar-refractivity contribution in [3.63, 3.8) is 0 Å². The van der Waals surface area contributed by atoms with Crippen LogP contribution in [0.2, 0.25) is 5.02 Å². The number of hydrogen-bond donors (Lipinski definition) is 4. The summed E-state index contributed by atoms with van der Waals surface area (Å²) in [4.78, 5) is 27.4. The van der Waals surface area contributed by atoms with E-state index in [1.54, 1.807) is 6.07 Å². The number of H-pyrrole nitrogens is 1. The predicted octanol–water partition coefficient (Wildman–Crippen LogP) is 4.04. The number of aromatic carboxylic acids is 1. The zero-order valence-corrected chi connectivity index (χ0v) is 15.8. The van der Waals surface area contributed by atoms with E-state index in [1.807, 2.05) is 30.3 Å². The first-order chi connectivity index (χ1) is 13.5. The number of carbonyl (C=O) groups is 2. The molecule has 5 N–H and O–H groups in total. The molecule has 0 fully saturated rings. The summed E-state index contributed by atoms with van der Waals surface area (Å²) in [5.41, 5.74) is 9.85. The number of aryl methyl sites for hydroxylation is 1. The van der Waals surface area contributed by atoms with Crippen LogP contribution in [0.3, 0.4) is 0 Å². The first-order valence-corrected chi connectivity index (χ1v) is 9.50. The molecule has 1 amide bonds. The fourth-order valence-electron chi connectivity index (χ4n) is 4.02. The lowest BCUT2D eigenvalue weighted by Crippen LogP contribution is -2.19. The number of anilines is 1. The Hall–Kier alpha value is -2.83. The summed E-state index contributed by atoms with van der Waals surface area (Å²) >= 11 is 6.16. The van der Waals surface area contributed by atoms with Gasteiger partial charge in [-0.15, -0.1) is 0 Å². The van der Waals surface area contributed by atoms with Crippen molar-refractivity contribution < 1.29 is 14.7 Å². The Bertz CT molecular complexity index is 1070. The Balaban J connectivity index is 1.62. The third-order valence-corrected chi connectivity index (χ3v) is 5.49. The molecule has 0 aliphatic heterocycles. The summed E-state index contributed by atoms with van der Waals surface area (Å²) in [7, 11) is 0. The molecule has 1 aromatic heterocycles. The minimum absolute atomic E-state index is 0.142. The van der Waals surface area contributed by atoms with E-state index < -0.39 is 5.97 Å². The molecule has 1 atom stereocenters. The number of nitrogens with two attached hydrogens (primary N) is 1. The van der Waals surface area contributed by atoms with E-state index in [9.17, 15) is 14.7 Å². The van der Waals surface area contributed by atoms with E-state index in [2.05, 4.69) is 10.3 Å². The summed E-state index contributed by atoms with van der Waals surface area (Å²) in [5, 5.41) is 14.0. The largest absolute Gasteiger partial charge is 0.477 e. The van der Waals surface area contributed by atoms with Gasteiger partial charge in [0.05, 0.1) is 0 Å². The second-order valence-corrected chi connectivity index (χ2v) is 7.53. The third kappa shape index (κ3) is 3.37. The first-order valence-electron chi connectivity index (χ1n) is 9.12. The van der Waals surface area contributed by atoms with E-state index in [-0.39, 0.29) is 23.9 Å². The Morgan fingerprint density at radius 1 is 1.25 bits per heavy atom. The highest BCUT2D eigenvalue weighted by Crippen LogP contribution is 2.42. The quantitative estimate of drug-likeness (QED) is 0.521. The number of halogens is 1. The van der Waals surface area contributed by atoms with Crippen LogP contribution in [-0.4, -0.2) is 22.0 Å². The highest BCUT2D eigenvalue weighted by Gasteiger charge is 2.31. The summed E-state index contributed by atoms with van der Waals surface area (Å²) in [6.45, 7) is 0.446. The number of hydrogen-bond acceptors (Lipinski definition) is 3. The normalized spacial score (nSPS) is 15.6. The summed E-state index contributed by atoms with van der Waals surface area (Å²) in [6.07, 6.45) is 1.66. The van der Waals surface area contributed by atoms with Gasteiger partial charge in [0, 0.05) is 34.6 Å². The molecule has 0 bridgehead atoms. The average molecular weight is 398 g/mol. The molecule has 3 aromatic rings. The van der Waals surface area contributed by atoms with Crippen molar-refractivity contribution in [2.45, 2.75) is 31.7 Å². The molecule has 0 saturated heterocycles. The van der Waals surface area contributed by atoms with Crippen LogP contribution in [0.15, 0.2) is 36.4 Å². The van der Waals surface area contributed by atoms with Crippen molar-refractivity contribution in [1.29, 1.82) is 0 Å². The predicted molar refractivity (Wildman–Crippen MR) is 109 cm³/mol. The van der Waals surface area contributed by atoms with Gasteiger partial charge in [-0.2, -0.15) is 0 Å². The number of aromatic amines is 1. The number of carboxylic acid groups (broad SMARTS) is 1. The fourth-order valence-corrected chi connectivity index (χ4v) is 4.26. The maximum Gasteiger partial charge on any atom is 0.352 e. The lowest BCUT2D eigenvalue weighted by Gasteiger charge is -2.23. The lowest BCUT2D eigenvalue weighted by molar-refractivity contribution is -0.116. The van der Waals surface area contributed by atoms with Crippen molar-refractivity contribution >= 4 is 40.1 Å². The second-order valence-electron chi connectivity index (χ2n) is 7.10. The maximum atomic E-state index is 12.6. The lowest BCUT2D eigenvalue weighted by atomic mass is 9.81. The van der Waals surface area contributed by atoms with Crippen LogP contribution < -0.4 is 11.1 Å². The summed E-state index contributed by atoms with van der Waals surface area (Å²) in [5.74, 6) is -1.34. The van der Waals surface area contributed by atoms with Crippen LogP contribution in [-0.2, 0) is 17.8 Å². The van der Waals surface area contributed by atoms with Gasteiger partial charge in [-0.05, 0) is 59.7 Å². The average Bonchev–Trinajstić information content (AvgIpc) is 3.05. The van der Waals surface area contributed by atoms with Crippen LogP contribution in [0.4, 0.5) is 5.69 Å². The van der Waals surface area contributed by atoms with Gasteiger partial charge in [0.15, 0.2) is 0 Å². The summed E-state index contributed by atoms with van der Waals surface area (Å²) in [6, 6.07) is 11.0. The Kier molecular flexibility index (Phi) is 4.83. The molecule has 2 aromatic carbocycles. The number of benzene rings is 2. The monoisotopic (exact) mass is 397 g/mol. The van der Waals surface area contributed by atoms with Gasteiger partial charge in [0.25, 0.3) is 0 Å². The van der Waals surface area contributed by atoms with Crippen molar-refractivity contribution in [2.75, 3.05) is 5.32 Å². The first kappa shape index (κ1) is 18.5. The minimum Gasteiger partial charge on any atom is -0.477 e. The third-order valence-electron chi connectivity index (χ3n) is 5.27. The van der Waals surface area contributed by atoms with Crippen LogP contribution in [0.5, 0.6) is 0 Å². The van der Waals surface area contributed by atoms with Crippen LogP contribution in [0.25, 0.3) is 10.9 Å². The molecular formula is C21H20ClN3O3. The molecule has 144 valence electrons. The van der Waals surface area contributed by atoms with Crippen LogP contribution in [0, 0.1) is 0 Å². The van der Waals surface area contributed by atoms with Gasteiger partial charge < -0.3 is 21.1 Å². The van der Waals surface area contributed by atoms with Crippen LogP contribution >= 0.6 is 11.6 Å². The number of rotatable bonds is 5. The fraction of sp³-hybridized carbons (Fsp3) is 0.238. The number of nitrogens with one attached hydrogen (secondary N) is 2. The van der Waals surface area contributed by atoms with E-state index in [4.69, 9.17) is 17.3 Å². The van der Waals surface area contributed by atoms with Gasteiger partial charge in [-0.1, -0.05) is 23.7 Å². The molecule has 0 saturated carbocycles. The number of carboxylic acids is 1. The van der Waals surface area contributed by atoms with Crippen LogP contribution in [0.1, 0.15) is 45.9 Å². The minimum atomic E-state index is -1.03. The van der Waals surface area contributed by atoms with E-state index in [0.717, 1.165) is 22.9 Å². The maximum absolute atomic E-state index is 12.6. The molecule has 1 heterocycles. The van der Waals surface area contributed by atoms with Crippen molar-refractivity contribution in [3.8, 4) is 0 Å². The molecule has 6 nitrogen and oxygen atoms in total. The van der Waals surface area contributed by atoms with E-state index in [1.165, 1.54) is 0 Å². The van der Waals surface area contributed by atoms with Gasteiger partial charge in [0.2, 0.25) is 5.91 Å². The zero-order chi connectivity index (χ0) is 19.8. The molecule has 1 aliphatic carbocycles. The molecule has 4 rings (SSSR count). The van der Waals surface area contributed by atoms with Crippen molar-refractivity contribution in [1.82, 2.24) is 4.98 Å². The topological polar surface area (TPSA) is 108 Å². The Labute approximate surface area is 166 Å². The molecule has 0 unspecified atom stereocenters. The van der Waals surface area contributed by atoms with Crippen molar-refractivity contribution in [3.05, 3.63) is 63.8 Å². The molecule has 1 aliphatic rings. The van der Waals surface area contributed by atoms with E-state index >= 15 is 0 Å². The standard InChI is InChI=1S/C21H20ClN3O3/c22-14-7-12-3-4-13(19-18(12)16(9-14)25-20(19)21(27)28)8-17(26)24-15-5-1-11(10-23)2-6-15/h1-2,5-7,9,13,25H,3-4,8,10,23H2,(H,24,26)(H,27,28)/t13-/m0/s1. The number of amides is 1. The SMILES string of the molecule is NCc1ccc(NC(=O)C[C@@H]2CCc3cc(Cl)cc4[nH]c(C(=O)O)c2c34)cc1. The Morgan fingerprint density at radius 2 is 2.00 bits per heavy atom. The van der Waals surface area contributed by atoms with Gasteiger partial charge in [-0.3, -0.25) is 4.79 Å². The second kappa shape index (κ2) is 7.30. The zero-order valence-electron chi connectivity index (χ0n) is 15.1. The van der Waals surface area contributed by atoms with Crippen molar-refractivity contribution in [2.24, 2.45) is 5.73 Å². The highest BCUT2D eigenvalue weighted by molar-refractivity contribution is 6.31. The number of aromatic nitrogens is 1. The molecule has 7 heteroatoms. The van der Waals surface area contributed by atoms with Gasteiger partial charge >= 0.3 is 5.97 Å². The van der Waals surface area contributed by atoms with E-state index in [0.29, 0.717) is 34.8 Å². The Morgan fingerprint density at radius 3 is 2.68 bits per heavy atom. The van der Waals surface area contributed by atoms with Gasteiger partial charge in [-0.25, -0.2) is 4.79 Å². The highest BCUT2D eigenvalue weighted by atomic mass is 35.5. The molecule has 0 spiro atoms. The molecule has 28 heavy (non-hydrogen) atoms. The molecule has 0 radical (unpaired) electrons. The van der Waals surface area contributed by atoms with Gasteiger partial charge in [0.1, 0.15) is 5.69 Å². The smallest absolute Gasteiger partial charge is 0.352 e. The molecular weight excluding hydrogens is 378 g/mol. The summed E-state index contributed by atoms with van der Waals surface area (Å²) < 4.78 is 0.